The Morgan fingerprint density at radius 2 is 2.23 bits per heavy atom. The van der Waals surface area contributed by atoms with E-state index in [9.17, 15) is 5.11 Å². The zero-order chi connectivity index (χ0) is 9.68. The third-order valence-corrected chi connectivity index (χ3v) is 1.90. The van der Waals surface area contributed by atoms with Crippen LogP contribution in [0.2, 0.25) is 0 Å². The molecule has 1 N–H and O–H groups in total. The van der Waals surface area contributed by atoms with Gasteiger partial charge in [0.2, 0.25) is 0 Å². The van der Waals surface area contributed by atoms with Crippen molar-refractivity contribution in [2.45, 2.75) is 26.4 Å². The lowest BCUT2D eigenvalue weighted by Crippen LogP contribution is -1.95. The maximum Gasteiger partial charge on any atom is 0.0899 e. The molecule has 0 saturated heterocycles. The molecule has 1 atom stereocenters. The van der Waals surface area contributed by atoms with Gasteiger partial charge in [-0.15, -0.1) is 11.8 Å². The Hall–Kier alpha value is -1.26. The van der Waals surface area contributed by atoms with Gasteiger partial charge in [0.15, 0.2) is 0 Å². The van der Waals surface area contributed by atoms with Gasteiger partial charge in [-0.05, 0) is 19.4 Å². The van der Waals surface area contributed by atoms with Gasteiger partial charge in [0.05, 0.1) is 6.10 Å². The number of hydrogen-bond acceptors (Lipinski definition) is 1. The van der Waals surface area contributed by atoms with Gasteiger partial charge in [0, 0.05) is 6.42 Å². The van der Waals surface area contributed by atoms with E-state index in [2.05, 4.69) is 11.8 Å². The van der Waals surface area contributed by atoms with Crippen molar-refractivity contribution in [1.82, 2.24) is 0 Å². The highest BCUT2D eigenvalue weighted by Gasteiger charge is 2.04. The second kappa shape index (κ2) is 4.69. The van der Waals surface area contributed by atoms with Crippen LogP contribution in [0.1, 0.15) is 30.6 Å². The lowest BCUT2D eigenvalue weighted by atomic mass is 10.0. The van der Waals surface area contributed by atoms with Gasteiger partial charge in [-0.3, -0.25) is 0 Å². The Morgan fingerprint density at radius 1 is 1.46 bits per heavy atom. The van der Waals surface area contributed by atoms with Gasteiger partial charge >= 0.3 is 0 Å². The minimum atomic E-state index is -0.452. The molecule has 0 aliphatic heterocycles. The van der Waals surface area contributed by atoms with E-state index >= 15 is 0 Å². The fraction of sp³-hybridized carbons (Fsp3) is 0.333. The largest absolute Gasteiger partial charge is 0.387 e. The van der Waals surface area contributed by atoms with Crippen LogP contribution >= 0.6 is 0 Å². The predicted molar refractivity (Wildman–Crippen MR) is 54.2 cm³/mol. The summed E-state index contributed by atoms with van der Waals surface area (Å²) in [5.41, 5.74) is 2.11. The normalized spacial score (nSPS) is 11.6. The summed E-state index contributed by atoms with van der Waals surface area (Å²) in [6.07, 6.45) is 0.0623. The Bertz CT molecular complexity index is 330. The summed E-state index contributed by atoms with van der Waals surface area (Å²) in [4.78, 5) is 0. The van der Waals surface area contributed by atoms with E-state index in [0.717, 1.165) is 5.56 Å². The molecule has 1 unspecified atom stereocenters. The van der Waals surface area contributed by atoms with Crippen LogP contribution in [0.25, 0.3) is 0 Å². The molecule has 13 heavy (non-hydrogen) atoms. The van der Waals surface area contributed by atoms with Gasteiger partial charge in [-0.2, -0.15) is 0 Å². The van der Waals surface area contributed by atoms with E-state index in [1.807, 2.05) is 31.2 Å². The van der Waals surface area contributed by atoms with E-state index in [-0.39, 0.29) is 0 Å². The van der Waals surface area contributed by atoms with E-state index in [0.29, 0.717) is 6.42 Å². The van der Waals surface area contributed by atoms with Gasteiger partial charge in [0.25, 0.3) is 0 Å². The molecule has 1 aromatic rings. The summed E-state index contributed by atoms with van der Waals surface area (Å²) in [7, 11) is 0. The van der Waals surface area contributed by atoms with Crippen LogP contribution in [0.4, 0.5) is 0 Å². The monoisotopic (exact) mass is 174 g/mol. The number of rotatable bonds is 2. The predicted octanol–water partition coefficient (Wildman–Crippen LogP) is 2.44. The zero-order valence-corrected chi connectivity index (χ0v) is 8.04. The molecule has 1 heteroatoms. The highest BCUT2D eigenvalue weighted by molar-refractivity contribution is 5.24. The number of aliphatic hydroxyl groups is 1. The molecule has 0 saturated carbocycles. The Balaban J connectivity index is 2.74. The van der Waals surface area contributed by atoms with E-state index in [1.54, 1.807) is 6.92 Å². The first-order valence-electron chi connectivity index (χ1n) is 4.38. The van der Waals surface area contributed by atoms with E-state index < -0.39 is 6.10 Å². The standard InChI is InChI=1S/C12H14O/c1-3-4-8-12(13)11-7-5-6-10(2)9-11/h5-7,9,12-13H,8H2,1-2H3. The van der Waals surface area contributed by atoms with E-state index in [4.69, 9.17) is 0 Å². The van der Waals surface area contributed by atoms with Crippen molar-refractivity contribution in [1.29, 1.82) is 0 Å². The summed E-state index contributed by atoms with van der Waals surface area (Å²) in [5, 5.41) is 9.67. The summed E-state index contributed by atoms with van der Waals surface area (Å²) in [5.74, 6) is 5.64. The highest BCUT2D eigenvalue weighted by Crippen LogP contribution is 2.16. The first kappa shape index (κ1) is 9.83. The van der Waals surface area contributed by atoms with Gasteiger partial charge in [0.1, 0.15) is 0 Å². The molecule has 0 bridgehead atoms. The molecule has 0 heterocycles. The topological polar surface area (TPSA) is 20.2 Å². The van der Waals surface area contributed by atoms with Crippen LogP contribution < -0.4 is 0 Å². The molecular weight excluding hydrogens is 160 g/mol. The molecule has 0 spiro atoms. The van der Waals surface area contributed by atoms with Crippen molar-refractivity contribution < 1.29 is 5.11 Å². The lowest BCUT2D eigenvalue weighted by molar-refractivity contribution is 0.184. The van der Waals surface area contributed by atoms with Gasteiger partial charge in [-0.1, -0.05) is 29.8 Å². The molecule has 0 aliphatic carbocycles. The molecule has 1 nitrogen and oxygen atoms in total. The second-order valence-corrected chi connectivity index (χ2v) is 3.06. The average Bonchev–Trinajstić information content (AvgIpc) is 2.14. The molecule has 0 amide bonds. The molecule has 0 radical (unpaired) electrons. The molecule has 1 aromatic carbocycles. The Morgan fingerprint density at radius 3 is 2.85 bits per heavy atom. The van der Waals surface area contributed by atoms with Crippen molar-refractivity contribution in [3.05, 3.63) is 35.4 Å². The van der Waals surface area contributed by atoms with Crippen molar-refractivity contribution in [3.8, 4) is 11.8 Å². The molecule has 1 rings (SSSR count). The molecule has 68 valence electrons. The van der Waals surface area contributed by atoms with Crippen LogP contribution in [-0.4, -0.2) is 5.11 Å². The van der Waals surface area contributed by atoms with Gasteiger partial charge < -0.3 is 5.11 Å². The second-order valence-electron chi connectivity index (χ2n) is 3.06. The van der Waals surface area contributed by atoms with Crippen LogP contribution in [0.15, 0.2) is 24.3 Å². The van der Waals surface area contributed by atoms with Crippen LogP contribution in [0.3, 0.4) is 0 Å². The zero-order valence-electron chi connectivity index (χ0n) is 8.04. The summed E-state index contributed by atoms with van der Waals surface area (Å²) in [6.45, 7) is 3.80. The first-order chi connectivity index (χ1) is 6.24. The molecule has 0 aliphatic rings. The number of aryl methyl sites for hydroxylation is 1. The minimum absolute atomic E-state index is 0.452. The number of aliphatic hydroxyl groups excluding tert-OH is 1. The van der Waals surface area contributed by atoms with Crippen molar-refractivity contribution in [2.24, 2.45) is 0 Å². The SMILES string of the molecule is CC#CCC(O)c1cccc(C)c1. The summed E-state index contributed by atoms with van der Waals surface area (Å²) in [6, 6.07) is 7.88. The fourth-order valence-corrected chi connectivity index (χ4v) is 1.19. The van der Waals surface area contributed by atoms with Crippen LogP contribution in [0, 0.1) is 18.8 Å². The minimum Gasteiger partial charge on any atom is -0.387 e. The number of benzene rings is 1. The lowest BCUT2D eigenvalue weighted by Gasteiger charge is -2.07. The molecular formula is C12H14O. The number of hydrogen-bond donors (Lipinski definition) is 1. The van der Waals surface area contributed by atoms with Crippen LogP contribution in [0.5, 0.6) is 0 Å². The fourth-order valence-electron chi connectivity index (χ4n) is 1.19. The maximum absolute atomic E-state index is 9.67. The van der Waals surface area contributed by atoms with Gasteiger partial charge in [-0.25, -0.2) is 0 Å². The molecule has 0 fully saturated rings. The van der Waals surface area contributed by atoms with Crippen molar-refractivity contribution in [3.63, 3.8) is 0 Å². The van der Waals surface area contributed by atoms with Crippen molar-refractivity contribution in [2.75, 3.05) is 0 Å². The smallest absolute Gasteiger partial charge is 0.0899 e. The summed E-state index contributed by atoms with van der Waals surface area (Å²) < 4.78 is 0. The average molecular weight is 174 g/mol. The van der Waals surface area contributed by atoms with Crippen LogP contribution in [-0.2, 0) is 0 Å². The third-order valence-electron chi connectivity index (χ3n) is 1.90. The quantitative estimate of drug-likeness (QED) is 0.683. The third kappa shape index (κ3) is 2.93. The Labute approximate surface area is 79.4 Å². The first-order valence-corrected chi connectivity index (χ1v) is 4.38. The Kier molecular flexibility index (Phi) is 3.54. The summed E-state index contributed by atoms with van der Waals surface area (Å²) >= 11 is 0. The molecule has 0 aromatic heterocycles. The van der Waals surface area contributed by atoms with Crippen molar-refractivity contribution >= 4 is 0 Å². The highest BCUT2D eigenvalue weighted by atomic mass is 16.3. The maximum atomic E-state index is 9.67. The van der Waals surface area contributed by atoms with E-state index in [1.165, 1.54) is 5.56 Å².